The third-order valence-electron chi connectivity index (χ3n) is 5.49. The molecule has 1 N–H and O–H groups in total. The Morgan fingerprint density at radius 1 is 1.13 bits per heavy atom. The fourth-order valence-electron chi connectivity index (χ4n) is 3.92. The summed E-state index contributed by atoms with van der Waals surface area (Å²) >= 11 is 1.56. The number of carbonyl (C=O) groups excluding carboxylic acids is 2. The topological polar surface area (TPSA) is 61.9 Å². The van der Waals surface area contributed by atoms with Crippen LogP contribution < -0.4 is 10.2 Å². The van der Waals surface area contributed by atoms with Gasteiger partial charge in [0.25, 0.3) is 11.8 Å². The second kappa shape index (κ2) is 9.47. The molecule has 162 valence electrons. The number of aryl methyl sites for hydroxylation is 1. The lowest BCUT2D eigenvalue weighted by Gasteiger charge is -2.41. The van der Waals surface area contributed by atoms with E-state index in [0.717, 1.165) is 12.3 Å². The van der Waals surface area contributed by atoms with Gasteiger partial charge in [-0.05, 0) is 49.7 Å². The Morgan fingerprint density at radius 3 is 2.71 bits per heavy atom. The number of ether oxygens (including phenoxy) is 1. The predicted octanol–water partition coefficient (Wildman–Crippen LogP) is 3.89. The van der Waals surface area contributed by atoms with Gasteiger partial charge in [-0.2, -0.15) is 0 Å². The highest BCUT2D eigenvalue weighted by Gasteiger charge is 2.27. The van der Waals surface area contributed by atoms with Crippen LogP contribution in [0.1, 0.15) is 22.8 Å². The Hall–Kier alpha value is -2.93. The van der Waals surface area contributed by atoms with Crippen molar-refractivity contribution in [2.45, 2.75) is 19.9 Å². The quantitative estimate of drug-likeness (QED) is 0.786. The lowest BCUT2D eigenvalue weighted by Crippen LogP contribution is -2.53. The molecule has 0 spiro atoms. The predicted molar refractivity (Wildman–Crippen MR) is 125 cm³/mol. The third-order valence-corrected chi connectivity index (χ3v) is 6.27. The highest BCUT2D eigenvalue weighted by atomic mass is 32.2. The van der Waals surface area contributed by atoms with Gasteiger partial charge < -0.3 is 19.9 Å². The van der Waals surface area contributed by atoms with Crippen LogP contribution in [0.4, 0.5) is 11.4 Å². The number of carbonyl (C=O) groups is 2. The van der Waals surface area contributed by atoms with E-state index in [1.165, 1.54) is 11.3 Å². The number of hydrogen-bond donors (Lipinski definition) is 1. The van der Waals surface area contributed by atoms with E-state index in [-0.39, 0.29) is 17.9 Å². The van der Waals surface area contributed by atoms with Crippen molar-refractivity contribution in [3.8, 4) is 0 Å². The van der Waals surface area contributed by atoms with E-state index in [4.69, 9.17) is 4.74 Å². The smallest absolute Gasteiger partial charge is 0.291 e. The summed E-state index contributed by atoms with van der Waals surface area (Å²) in [5, 5.41) is 4.55. The maximum absolute atomic E-state index is 13.1. The molecule has 0 unspecified atom stereocenters. The van der Waals surface area contributed by atoms with Crippen molar-refractivity contribution in [2.24, 2.45) is 0 Å². The maximum Gasteiger partial charge on any atom is 0.291 e. The Kier molecular flexibility index (Phi) is 6.51. The van der Waals surface area contributed by atoms with Gasteiger partial charge in [-0.3, -0.25) is 9.59 Å². The molecule has 31 heavy (non-hydrogen) atoms. The molecule has 7 heteroatoms. The molecule has 1 atom stereocenters. The van der Waals surface area contributed by atoms with Gasteiger partial charge in [-0.1, -0.05) is 18.2 Å². The first-order valence-corrected chi connectivity index (χ1v) is 11.5. The number of rotatable bonds is 4. The molecule has 2 heterocycles. The fraction of sp³-hybridized carbons (Fsp3) is 0.333. The Balaban J connectivity index is 1.41. The second-order valence-corrected chi connectivity index (χ2v) is 8.85. The number of thioether (sulfide) groups is 1. The zero-order valence-corrected chi connectivity index (χ0v) is 18.7. The van der Waals surface area contributed by atoms with E-state index in [1.807, 2.05) is 4.90 Å². The van der Waals surface area contributed by atoms with Crippen LogP contribution in [0.3, 0.4) is 0 Å². The summed E-state index contributed by atoms with van der Waals surface area (Å²) in [4.78, 5) is 29.7. The first-order chi connectivity index (χ1) is 15.0. The Bertz CT molecular complexity index is 1010. The number of nitrogens with zero attached hydrogens (tertiary/aromatic N) is 2. The Labute approximate surface area is 187 Å². The summed E-state index contributed by atoms with van der Waals surface area (Å²) in [6, 6.07) is 15.8. The number of benzene rings is 2. The summed E-state index contributed by atoms with van der Waals surface area (Å²) in [7, 11) is 0. The van der Waals surface area contributed by atoms with Crippen molar-refractivity contribution < 1.29 is 14.3 Å². The van der Waals surface area contributed by atoms with Crippen LogP contribution in [-0.2, 0) is 9.53 Å². The minimum atomic E-state index is -0.294. The molecule has 1 saturated heterocycles. The van der Waals surface area contributed by atoms with E-state index in [1.54, 1.807) is 41.4 Å². The number of amides is 2. The van der Waals surface area contributed by atoms with Gasteiger partial charge in [-0.25, -0.2) is 0 Å². The monoisotopic (exact) mass is 437 g/mol. The highest BCUT2D eigenvalue weighted by Crippen LogP contribution is 2.23. The van der Waals surface area contributed by atoms with E-state index in [0.29, 0.717) is 36.7 Å². The maximum atomic E-state index is 13.1. The van der Waals surface area contributed by atoms with Gasteiger partial charge in [-0.15, -0.1) is 11.8 Å². The molecule has 2 aromatic rings. The number of anilines is 2. The lowest BCUT2D eigenvalue weighted by molar-refractivity contribution is -0.116. The molecule has 1 fully saturated rings. The van der Waals surface area contributed by atoms with Gasteiger partial charge in [0.2, 0.25) is 0 Å². The minimum Gasteiger partial charge on any atom is -0.487 e. The average Bonchev–Trinajstić information content (AvgIpc) is 2.79. The minimum absolute atomic E-state index is 0.0180. The van der Waals surface area contributed by atoms with Gasteiger partial charge in [0, 0.05) is 53.8 Å². The normalized spacial score (nSPS) is 18.8. The fourth-order valence-corrected chi connectivity index (χ4v) is 4.55. The van der Waals surface area contributed by atoms with Crippen molar-refractivity contribution in [1.29, 1.82) is 0 Å². The SMILES string of the molecule is Cc1cccc(N2CCN(C(=O)c3cccc(NC(=O)C4=CSCCO4)c3)C[C@@H]2C)c1. The van der Waals surface area contributed by atoms with Crippen LogP contribution in [0.15, 0.2) is 59.7 Å². The van der Waals surface area contributed by atoms with E-state index in [9.17, 15) is 9.59 Å². The largest absolute Gasteiger partial charge is 0.487 e. The highest BCUT2D eigenvalue weighted by molar-refractivity contribution is 8.02. The molecular weight excluding hydrogens is 410 g/mol. The van der Waals surface area contributed by atoms with Gasteiger partial charge in [0.15, 0.2) is 5.76 Å². The van der Waals surface area contributed by atoms with Crippen molar-refractivity contribution in [1.82, 2.24) is 4.90 Å². The summed E-state index contributed by atoms with van der Waals surface area (Å²) in [6.45, 7) is 6.86. The van der Waals surface area contributed by atoms with E-state index in [2.05, 4.69) is 48.3 Å². The van der Waals surface area contributed by atoms with Crippen LogP contribution in [0.25, 0.3) is 0 Å². The van der Waals surface area contributed by atoms with E-state index < -0.39 is 0 Å². The van der Waals surface area contributed by atoms with Crippen LogP contribution in [0, 0.1) is 6.92 Å². The van der Waals surface area contributed by atoms with Crippen LogP contribution in [0.5, 0.6) is 0 Å². The lowest BCUT2D eigenvalue weighted by atomic mass is 10.1. The third kappa shape index (κ3) is 5.05. The second-order valence-electron chi connectivity index (χ2n) is 7.87. The molecule has 2 aliphatic heterocycles. The molecule has 0 radical (unpaired) electrons. The molecule has 0 saturated carbocycles. The number of nitrogens with one attached hydrogen (secondary N) is 1. The van der Waals surface area contributed by atoms with E-state index >= 15 is 0 Å². The zero-order chi connectivity index (χ0) is 21.8. The van der Waals surface area contributed by atoms with Crippen LogP contribution >= 0.6 is 11.8 Å². The summed E-state index contributed by atoms with van der Waals surface area (Å²) in [5.74, 6) is 0.845. The average molecular weight is 438 g/mol. The van der Waals surface area contributed by atoms with Crippen molar-refractivity contribution in [3.63, 3.8) is 0 Å². The molecular formula is C24H27N3O3S. The Morgan fingerprint density at radius 2 is 1.97 bits per heavy atom. The summed E-state index contributed by atoms with van der Waals surface area (Å²) in [5.41, 5.74) is 3.58. The first kappa shape index (κ1) is 21.3. The molecule has 6 nitrogen and oxygen atoms in total. The molecule has 0 aliphatic carbocycles. The van der Waals surface area contributed by atoms with Gasteiger partial charge >= 0.3 is 0 Å². The van der Waals surface area contributed by atoms with Gasteiger partial charge in [0.1, 0.15) is 0 Å². The molecule has 0 bridgehead atoms. The molecule has 2 amide bonds. The van der Waals surface area contributed by atoms with Gasteiger partial charge in [0.05, 0.1) is 6.61 Å². The molecule has 4 rings (SSSR count). The molecule has 2 aliphatic rings. The molecule has 2 aromatic carbocycles. The van der Waals surface area contributed by atoms with Crippen molar-refractivity contribution in [3.05, 3.63) is 70.8 Å². The molecule has 0 aromatic heterocycles. The zero-order valence-electron chi connectivity index (χ0n) is 17.8. The van der Waals surface area contributed by atoms with Crippen molar-refractivity contribution in [2.75, 3.05) is 42.2 Å². The standard InChI is InChI=1S/C24H27N3O3S/c1-17-5-3-8-21(13-17)27-10-9-26(15-18(27)2)24(29)19-6-4-7-20(14-19)25-23(28)22-16-31-12-11-30-22/h3-8,13-14,16,18H,9-12,15H2,1-2H3,(H,25,28)/t18-/m0/s1. The van der Waals surface area contributed by atoms with Crippen LogP contribution in [0.2, 0.25) is 0 Å². The summed E-state index contributed by atoms with van der Waals surface area (Å²) < 4.78 is 5.40. The summed E-state index contributed by atoms with van der Waals surface area (Å²) in [6.07, 6.45) is 0. The number of hydrogen-bond acceptors (Lipinski definition) is 5. The van der Waals surface area contributed by atoms with Crippen molar-refractivity contribution >= 4 is 35.0 Å². The first-order valence-electron chi connectivity index (χ1n) is 10.5. The van der Waals surface area contributed by atoms with Crippen LogP contribution in [-0.4, -0.2) is 54.8 Å². The number of piperazine rings is 1.